The average molecular weight is 807 g/mol. The van der Waals surface area contributed by atoms with E-state index in [2.05, 4.69) is 74.6 Å². The lowest BCUT2D eigenvalue weighted by molar-refractivity contribution is -0.870. The SMILES string of the molecule is CC/C=C\C/C=C/C/C=C/C/C=C/C/C=C/C/C=C/CCC(=O)O[C@H](COC(=O)CCCCCCCCCCCCCCC)COP(=O)(O)OCC[N+](C)(C)C. The number of nitrogens with zero attached hydrogens (tertiary/aromatic N) is 1. The number of likely N-dealkylation sites (N-methyl/N-ethyl adjacent to an activating group) is 1. The molecule has 0 aromatic heterocycles. The highest BCUT2D eigenvalue weighted by Gasteiger charge is 2.27. The third kappa shape index (κ3) is 41.1. The van der Waals surface area contributed by atoms with Crippen LogP contribution < -0.4 is 0 Å². The Morgan fingerprint density at radius 3 is 1.48 bits per heavy atom. The Morgan fingerprint density at radius 1 is 0.571 bits per heavy atom. The van der Waals surface area contributed by atoms with Gasteiger partial charge in [-0.15, -0.1) is 0 Å². The second-order valence-corrected chi connectivity index (χ2v) is 16.8. The second-order valence-electron chi connectivity index (χ2n) is 15.4. The minimum Gasteiger partial charge on any atom is -0.462 e. The lowest BCUT2D eigenvalue weighted by Crippen LogP contribution is -2.37. The molecule has 0 aliphatic heterocycles. The topological polar surface area (TPSA) is 108 Å². The van der Waals surface area contributed by atoms with E-state index in [0.717, 1.165) is 57.8 Å². The van der Waals surface area contributed by atoms with Gasteiger partial charge in [-0.1, -0.05) is 164 Å². The van der Waals surface area contributed by atoms with Gasteiger partial charge in [0, 0.05) is 12.8 Å². The van der Waals surface area contributed by atoms with E-state index in [-0.39, 0.29) is 26.1 Å². The molecule has 0 rings (SSSR count). The van der Waals surface area contributed by atoms with Gasteiger partial charge in [0.15, 0.2) is 6.10 Å². The molecule has 0 saturated carbocycles. The molecular formula is C46H81NO8P+. The second kappa shape index (κ2) is 38.0. The summed E-state index contributed by atoms with van der Waals surface area (Å²) in [6.45, 7) is 4.20. The fourth-order valence-electron chi connectivity index (χ4n) is 5.39. The van der Waals surface area contributed by atoms with Crippen LogP contribution in [-0.2, 0) is 32.7 Å². The van der Waals surface area contributed by atoms with Crippen LogP contribution in [0, 0.1) is 0 Å². The number of carbonyl (C=O) groups is 2. The van der Waals surface area contributed by atoms with Crippen LogP contribution in [0.2, 0.25) is 0 Å². The summed E-state index contributed by atoms with van der Waals surface area (Å²) in [6.07, 6.45) is 46.8. The Labute approximate surface area is 342 Å². The Hall–Kier alpha value is -2.55. The molecule has 0 amide bonds. The van der Waals surface area contributed by atoms with Crippen molar-refractivity contribution in [1.29, 1.82) is 0 Å². The minimum absolute atomic E-state index is 0.0157. The molecule has 0 aromatic rings. The quantitative estimate of drug-likeness (QED) is 0.0216. The molecule has 0 heterocycles. The number of esters is 2. The molecule has 2 atom stereocenters. The number of allylic oxidation sites excluding steroid dienone is 12. The van der Waals surface area contributed by atoms with Gasteiger partial charge >= 0.3 is 19.8 Å². The van der Waals surface area contributed by atoms with Crippen LogP contribution in [0.4, 0.5) is 0 Å². The first kappa shape index (κ1) is 53.5. The van der Waals surface area contributed by atoms with Crippen LogP contribution >= 0.6 is 7.82 Å². The van der Waals surface area contributed by atoms with Crippen molar-refractivity contribution in [2.24, 2.45) is 0 Å². The summed E-state index contributed by atoms with van der Waals surface area (Å²) in [6, 6.07) is 0. The van der Waals surface area contributed by atoms with Crippen molar-refractivity contribution in [2.45, 2.75) is 161 Å². The number of unbranched alkanes of at least 4 members (excludes halogenated alkanes) is 12. The standard InChI is InChI=1S/C46H80NO8P/c1-6-8-10-12-14-16-18-20-21-22-23-24-25-27-29-31-33-35-37-39-46(49)55-44(43-54-56(50,51)53-41-40-47(3,4)5)42-52-45(48)38-36-34-32-30-28-26-19-17-15-13-11-9-7-2/h8,10,14,16,20-21,23-24,27,29,33,35,44H,6-7,9,11-13,15,17-19,22,25-26,28,30-32,34,36-43H2,1-5H3/p+1/b10-8-,16-14+,21-20+,24-23+,29-27+,35-33+/t44-/m1/s1. The predicted molar refractivity (Wildman–Crippen MR) is 233 cm³/mol. The number of carbonyl (C=O) groups excluding carboxylic acids is 2. The third-order valence-electron chi connectivity index (χ3n) is 8.76. The van der Waals surface area contributed by atoms with Gasteiger partial charge < -0.3 is 18.9 Å². The van der Waals surface area contributed by atoms with Gasteiger partial charge in [0.1, 0.15) is 19.8 Å². The lowest BCUT2D eigenvalue weighted by Gasteiger charge is -2.24. The van der Waals surface area contributed by atoms with E-state index in [1.807, 2.05) is 33.3 Å². The normalized spacial score (nSPS) is 14.3. The fourth-order valence-corrected chi connectivity index (χ4v) is 6.13. The molecular weight excluding hydrogens is 725 g/mol. The van der Waals surface area contributed by atoms with Crippen LogP contribution in [0.15, 0.2) is 72.9 Å². The van der Waals surface area contributed by atoms with Gasteiger partial charge in [0.25, 0.3) is 0 Å². The molecule has 10 heteroatoms. The van der Waals surface area contributed by atoms with E-state index in [1.165, 1.54) is 64.2 Å². The summed E-state index contributed by atoms with van der Waals surface area (Å²) in [5.41, 5.74) is 0. The van der Waals surface area contributed by atoms with E-state index in [9.17, 15) is 19.0 Å². The van der Waals surface area contributed by atoms with Crippen molar-refractivity contribution >= 4 is 19.8 Å². The molecule has 0 saturated heterocycles. The van der Waals surface area contributed by atoms with Crippen molar-refractivity contribution in [3.05, 3.63) is 72.9 Å². The van der Waals surface area contributed by atoms with Gasteiger partial charge in [0.05, 0.1) is 27.7 Å². The van der Waals surface area contributed by atoms with Gasteiger partial charge in [-0.05, 0) is 51.4 Å². The molecule has 56 heavy (non-hydrogen) atoms. The monoisotopic (exact) mass is 807 g/mol. The number of phosphoric acid groups is 1. The summed E-state index contributed by atoms with van der Waals surface area (Å²) in [7, 11) is 1.42. The first-order chi connectivity index (χ1) is 27.0. The smallest absolute Gasteiger partial charge is 0.462 e. The minimum atomic E-state index is -4.40. The van der Waals surface area contributed by atoms with E-state index < -0.39 is 32.5 Å². The van der Waals surface area contributed by atoms with Gasteiger partial charge in [0.2, 0.25) is 0 Å². The predicted octanol–water partition coefficient (Wildman–Crippen LogP) is 12.2. The molecule has 0 spiro atoms. The average Bonchev–Trinajstić information content (AvgIpc) is 3.15. The number of rotatable bonds is 38. The lowest BCUT2D eigenvalue weighted by atomic mass is 10.0. The molecule has 1 unspecified atom stereocenters. The molecule has 0 aliphatic carbocycles. The summed E-state index contributed by atoms with van der Waals surface area (Å²) >= 11 is 0. The van der Waals surface area contributed by atoms with Crippen LogP contribution in [0.1, 0.15) is 155 Å². The van der Waals surface area contributed by atoms with Crippen molar-refractivity contribution < 1.29 is 42.1 Å². The van der Waals surface area contributed by atoms with Crippen molar-refractivity contribution in [3.8, 4) is 0 Å². The van der Waals surface area contributed by atoms with E-state index in [1.54, 1.807) is 0 Å². The number of quaternary nitrogens is 1. The maximum Gasteiger partial charge on any atom is 0.472 e. The van der Waals surface area contributed by atoms with Crippen molar-refractivity contribution in [2.75, 3.05) is 47.5 Å². The molecule has 322 valence electrons. The highest BCUT2D eigenvalue weighted by atomic mass is 31.2. The Morgan fingerprint density at radius 2 is 1.02 bits per heavy atom. The zero-order chi connectivity index (χ0) is 41.4. The fraction of sp³-hybridized carbons (Fsp3) is 0.696. The molecule has 0 aliphatic rings. The largest absolute Gasteiger partial charge is 0.472 e. The molecule has 0 fully saturated rings. The molecule has 9 nitrogen and oxygen atoms in total. The Bertz CT molecular complexity index is 1180. The highest BCUT2D eigenvalue weighted by molar-refractivity contribution is 7.47. The summed E-state index contributed by atoms with van der Waals surface area (Å²) in [5, 5.41) is 0. The molecule has 0 bridgehead atoms. The zero-order valence-corrected chi connectivity index (χ0v) is 37.0. The van der Waals surface area contributed by atoms with Crippen LogP contribution in [-0.4, -0.2) is 74.9 Å². The molecule has 0 aromatic carbocycles. The zero-order valence-electron chi connectivity index (χ0n) is 36.1. The van der Waals surface area contributed by atoms with Crippen molar-refractivity contribution in [1.82, 2.24) is 0 Å². The first-order valence-corrected chi connectivity index (χ1v) is 23.2. The van der Waals surface area contributed by atoms with Crippen LogP contribution in [0.25, 0.3) is 0 Å². The van der Waals surface area contributed by atoms with Crippen LogP contribution in [0.3, 0.4) is 0 Å². The van der Waals surface area contributed by atoms with E-state index >= 15 is 0 Å². The van der Waals surface area contributed by atoms with Gasteiger partial charge in [-0.3, -0.25) is 18.6 Å². The number of hydrogen-bond donors (Lipinski definition) is 1. The highest BCUT2D eigenvalue weighted by Crippen LogP contribution is 2.43. The number of hydrogen-bond acceptors (Lipinski definition) is 7. The van der Waals surface area contributed by atoms with Crippen LogP contribution in [0.5, 0.6) is 0 Å². The van der Waals surface area contributed by atoms with Gasteiger partial charge in [-0.25, -0.2) is 4.57 Å². The van der Waals surface area contributed by atoms with Crippen molar-refractivity contribution in [3.63, 3.8) is 0 Å². The molecule has 1 N–H and O–H groups in total. The van der Waals surface area contributed by atoms with E-state index in [0.29, 0.717) is 17.4 Å². The summed E-state index contributed by atoms with van der Waals surface area (Å²) < 4.78 is 34.2. The third-order valence-corrected chi connectivity index (χ3v) is 9.75. The first-order valence-electron chi connectivity index (χ1n) is 21.7. The Balaban J connectivity index is 4.51. The van der Waals surface area contributed by atoms with Gasteiger partial charge in [-0.2, -0.15) is 0 Å². The summed E-state index contributed by atoms with van der Waals surface area (Å²) in [5.74, 6) is -0.900. The Kier molecular flexibility index (Phi) is 36.3. The van der Waals surface area contributed by atoms with E-state index in [4.69, 9.17) is 18.5 Å². The number of phosphoric ester groups is 1. The molecule has 0 radical (unpaired) electrons. The maximum absolute atomic E-state index is 12.6. The summed E-state index contributed by atoms with van der Waals surface area (Å²) in [4.78, 5) is 35.3. The number of ether oxygens (including phenoxy) is 2. The maximum atomic E-state index is 12.6.